The van der Waals surface area contributed by atoms with Gasteiger partial charge in [-0.15, -0.1) is 0 Å². The molecule has 1 aromatic carbocycles. The molecule has 0 aliphatic carbocycles. The molecule has 2 rings (SSSR count). The molecule has 0 amide bonds. The Kier molecular flexibility index (Phi) is 4.18. The summed E-state index contributed by atoms with van der Waals surface area (Å²) in [4.78, 5) is 0. The minimum Gasteiger partial charge on any atom is -0.493 e. The third-order valence-corrected chi connectivity index (χ3v) is 3.31. The molecule has 0 saturated carbocycles. The molecule has 2 aromatic rings. The second-order valence-corrected chi connectivity index (χ2v) is 4.76. The number of hydrogen-bond donors (Lipinski definition) is 1. The fraction of sp³-hybridized carbons (Fsp3) is 0.286. The van der Waals surface area contributed by atoms with E-state index in [1.165, 1.54) is 5.56 Å². The van der Waals surface area contributed by atoms with Crippen LogP contribution in [0.1, 0.15) is 24.2 Å². The molecule has 1 aromatic heterocycles. The van der Waals surface area contributed by atoms with E-state index in [2.05, 4.69) is 16.8 Å². The first kappa shape index (κ1) is 12.1. The molecular weight excluding hydrogens is 232 g/mol. The van der Waals surface area contributed by atoms with Crippen LogP contribution in [0, 0.1) is 0 Å². The first-order chi connectivity index (χ1) is 8.25. The van der Waals surface area contributed by atoms with Crippen molar-refractivity contribution in [1.29, 1.82) is 0 Å². The highest BCUT2D eigenvalue weighted by molar-refractivity contribution is 7.07. The highest BCUT2D eigenvalue weighted by atomic mass is 32.1. The lowest BCUT2D eigenvalue weighted by molar-refractivity contribution is 0.198. The van der Waals surface area contributed by atoms with Gasteiger partial charge in [0.1, 0.15) is 5.75 Å². The number of ether oxygens (including phenoxy) is 1. The van der Waals surface area contributed by atoms with Crippen molar-refractivity contribution in [1.82, 2.24) is 0 Å². The van der Waals surface area contributed by atoms with Gasteiger partial charge in [-0.3, -0.25) is 0 Å². The van der Waals surface area contributed by atoms with Gasteiger partial charge >= 0.3 is 0 Å². The van der Waals surface area contributed by atoms with E-state index in [1.807, 2.05) is 24.3 Å². The van der Waals surface area contributed by atoms with Gasteiger partial charge in [0, 0.05) is 6.42 Å². The van der Waals surface area contributed by atoms with Crippen molar-refractivity contribution in [2.24, 2.45) is 0 Å². The maximum Gasteiger partial charge on any atom is 0.119 e. The molecule has 0 fully saturated rings. The van der Waals surface area contributed by atoms with Crippen molar-refractivity contribution in [3.05, 3.63) is 52.2 Å². The zero-order valence-corrected chi connectivity index (χ0v) is 10.6. The smallest absolute Gasteiger partial charge is 0.119 e. The SMILES string of the molecule is C[C@H](O)c1cccc(OCCc2ccsc2)c1. The Labute approximate surface area is 105 Å². The van der Waals surface area contributed by atoms with Crippen LogP contribution in [0.2, 0.25) is 0 Å². The van der Waals surface area contributed by atoms with Gasteiger partial charge < -0.3 is 9.84 Å². The lowest BCUT2D eigenvalue weighted by atomic mass is 10.1. The normalized spacial score (nSPS) is 12.4. The summed E-state index contributed by atoms with van der Waals surface area (Å²) in [6.07, 6.45) is 0.470. The van der Waals surface area contributed by atoms with Gasteiger partial charge in [0.15, 0.2) is 0 Å². The summed E-state index contributed by atoms with van der Waals surface area (Å²) in [6, 6.07) is 9.72. The molecule has 0 spiro atoms. The summed E-state index contributed by atoms with van der Waals surface area (Å²) >= 11 is 1.70. The Morgan fingerprint density at radius 3 is 2.94 bits per heavy atom. The lowest BCUT2D eigenvalue weighted by Gasteiger charge is -2.09. The molecule has 0 unspecified atom stereocenters. The average molecular weight is 248 g/mol. The van der Waals surface area contributed by atoms with Crippen LogP contribution in [0.15, 0.2) is 41.1 Å². The summed E-state index contributed by atoms with van der Waals surface area (Å²) in [7, 11) is 0. The van der Waals surface area contributed by atoms with E-state index < -0.39 is 6.10 Å². The summed E-state index contributed by atoms with van der Waals surface area (Å²) < 4.78 is 5.66. The Morgan fingerprint density at radius 1 is 1.35 bits per heavy atom. The van der Waals surface area contributed by atoms with Gasteiger partial charge in [0.05, 0.1) is 12.7 Å². The van der Waals surface area contributed by atoms with E-state index in [1.54, 1.807) is 18.3 Å². The van der Waals surface area contributed by atoms with Crippen LogP contribution >= 0.6 is 11.3 Å². The summed E-state index contributed by atoms with van der Waals surface area (Å²) in [5.74, 6) is 0.818. The predicted molar refractivity (Wildman–Crippen MR) is 70.6 cm³/mol. The fourth-order valence-corrected chi connectivity index (χ4v) is 2.29. The third-order valence-electron chi connectivity index (χ3n) is 2.58. The Morgan fingerprint density at radius 2 is 2.24 bits per heavy atom. The van der Waals surface area contributed by atoms with Crippen molar-refractivity contribution < 1.29 is 9.84 Å². The van der Waals surface area contributed by atoms with Gasteiger partial charge in [0.2, 0.25) is 0 Å². The minimum atomic E-state index is -0.449. The zero-order chi connectivity index (χ0) is 12.1. The van der Waals surface area contributed by atoms with Crippen LogP contribution in [0.4, 0.5) is 0 Å². The Bertz CT molecular complexity index is 449. The van der Waals surface area contributed by atoms with E-state index in [4.69, 9.17) is 4.74 Å². The first-order valence-corrected chi connectivity index (χ1v) is 6.62. The van der Waals surface area contributed by atoms with E-state index in [0.29, 0.717) is 6.61 Å². The van der Waals surface area contributed by atoms with Crippen molar-refractivity contribution >= 4 is 11.3 Å². The van der Waals surface area contributed by atoms with Crippen LogP contribution < -0.4 is 4.74 Å². The molecule has 1 atom stereocenters. The average Bonchev–Trinajstić information content (AvgIpc) is 2.82. The van der Waals surface area contributed by atoms with Gasteiger partial charge in [-0.2, -0.15) is 11.3 Å². The molecule has 0 radical (unpaired) electrons. The largest absolute Gasteiger partial charge is 0.493 e. The summed E-state index contributed by atoms with van der Waals surface area (Å²) in [5.41, 5.74) is 2.19. The maximum atomic E-state index is 9.47. The van der Waals surface area contributed by atoms with E-state index >= 15 is 0 Å². The molecule has 1 heterocycles. The molecule has 1 N–H and O–H groups in total. The molecule has 2 nitrogen and oxygen atoms in total. The van der Waals surface area contributed by atoms with Crippen molar-refractivity contribution in [3.63, 3.8) is 0 Å². The van der Waals surface area contributed by atoms with Gasteiger partial charge in [-0.25, -0.2) is 0 Å². The maximum absolute atomic E-state index is 9.47. The van der Waals surface area contributed by atoms with Crippen molar-refractivity contribution in [2.75, 3.05) is 6.61 Å². The number of hydrogen-bond acceptors (Lipinski definition) is 3. The molecule has 0 bridgehead atoms. The molecule has 0 saturated heterocycles. The van der Waals surface area contributed by atoms with E-state index in [9.17, 15) is 5.11 Å². The van der Waals surface area contributed by atoms with Crippen LogP contribution in [-0.4, -0.2) is 11.7 Å². The molecule has 90 valence electrons. The first-order valence-electron chi connectivity index (χ1n) is 5.67. The van der Waals surface area contributed by atoms with E-state index in [-0.39, 0.29) is 0 Å². The highest BCUT2D eigenvalue weighted by Crippen LogP contribution is 2.19. The quantitative estimate of drug-likeness (QED) is 0.878. The summed E-state index contributed by atoms with van der Waals surface area (Å²) in [5, 5.41) is 13.7. The number of thiophene rings is 1. The monoisotopic (exact) mass is 248 g/mol. The predicted octanol–water partition coefficient (Wildman–Crippen LogP) is 3.42. The number of benzene rings is 1. The van der Waals surface area contributed by atoms with Gasteiger partial charge in [0.25, 0.3) is 0 Å². The fourth-order valence-electron chi connectivity index (χ4n) is 1.59. The zero-order valence-electron chi connectivity index (χ0n) is 9.80. The molecule has 17 heavy (non-hydrogen) atoms. The lowest BCUT2D eigenvalue weighted by Crippen LogP contribution is -2.01. The minimum absolute atomic E-state index is 0.449. The Hall–Kier alpha value is -1.32. The third kappa shape index (κ3) is 3.58. The van der Waals surface area contributed by atoms with Gasteiger partial charge in [-0.1, -0.05) is 12.1 Å². The van der Waals surface area contributed by atoms with E-state index in [0.717, 1.165) is 17.7 Å². The highest BCUT2D eigenvalue weighted by Gasteiger charge is 2.02. The van der Waals surface area contributed by atoms with Gasteiger partial charge in [-0.05, 0) is 47.0 Å². The van der Waals surface area contributed by atoms with Crippen LogP contribution in [0.3, 0.4) is 0 Å². The van der Waals surface area contributed by atoms with Crippen LogP contribution in [-0.2, 0) is 6.42 Å². The summed E-state index contributed by atoms with van der Waals surface area (Å²) in [6.45, 7) is 2.42. The molecule has 3 heteroatoms. The van der Waals surface area contributed by atoms with Crippen molar-refractivity contribution in [2.45, 2.75) is 19.4 Å². The van der Waals surface area contributed by atoms with Crippen LogP contribution in [0.25, 0.3) is 0 Å². The van der Waals surface area contributed by atoms with Crippen molar-refractivity contribution in [3.8, 4) is 5.75 Å². The topological polar surface area (TPSA) is 29.5 Å². The standard InChI is InChI=1S/C14H16O2S/c1-11(15)13-3-2-4-14(9-13)16-7-5-12-6-8-17-10-12/h2-4,6,8-11,15H,5,7H2,1H3/t11-/m0/s1. The molecular formula is C14H16O2S. The second-order valence-electron chi connectivity index (χ2n) is 3.98. The number of aliphatic hydroxyl groups is 1. The second kappa shape index (κ2) is 5.84. The molecule has 0 aliphatic heterocycles. The number of aliphatic hydroxyl groups excluding tert-OH is 1. The Balaban J connectivity index is 1.88. The van der Waals surface area contributed by atoms with Crippen LogP contribution in [0.5, 0.6) is 5.75 Å². The molecule has 0 aliphatic rings. The number of rotatable bonds is 5.